The number of anilines is 1. The number of ether oxygens (including phenoxy) is 1. The molecule has 0 spiro atoms. The summed E-state index contributed by atoms with van der Waals surface area (Å²) in [4.78, 5) is 9.75. The third-order valence-electron chi connectivity index (χ3n) is 4.90. The summed E-state index contributed by atoms with van der Waals surface area (Å²) in [6.07, 6.45) is 2.24. The molecule has 23 heavy (non-hydrogen) atoms. The van der Waals surface area contributed by atoms with Crippen LogP contribution in [0.25, 0.3) is 0 Å². The molecule has 4 nitrogen and oxygen atoms in total. The lowest BCUT2D eigenvalue weighted by Gasteiger charge is -2.19. The lowest BCUT2D eigenvalue weighted by Crippen LogP contribution is -2.27. The van der Waals surface area contributed by atoms with Crippen molar-refractivity contribution in [2.45, 2.75) is 19.6 Å². The molecular formula is C18H23N3OS. The van der Waals surface area contributed by atoms with Crippen LogP contribution >= 0.6 is 11.3 Å². The summed E-state index contributed by atoms with van der Waals surface area (Å²) in [5, 5.41) is 3.46. The Morgan fingerprint density at radius 2 is 2.26 bits per heavy atom. The molecule has 2 aromatic rings. The molecule has 0 amide bonds. The zero-order valence-electron chi connectivity index (χ0n) is 13.4. The minimum Gasteiger partial charge on any atom is -0.376 e. The van der Waals surface area contributed by atoms with Crippen LogP contribution in [0.2, 0.25) is 0 Å². The molecule has 0 aliphatic carbocycles. The van der Waals surface area contributed by atoms with Gasteiger partial charge < -0.3 is 10.1 Å². The summed E-state index contributed by atoms with van der Waals surface area (Å²) in [6, 6.07) is 10.5. The Labute approximate surface area is 141 Å². The second-order valence-electron chi connectivity index (χ2n) is 6.60. The number of aryl methyl sites for hydroxylation is 1. The van der Waals surface area contributed by atoms with Gasteiger partial charge in [-0.15, -0.1) is 11.3 Å². The van der Waals surface area contributed by atoms with Crippen molar-refractivity contribution in [2.24, 2.45) is 11.8 Å². The molecule has 0 bridgehead atoms. The lowest BCUT2D eigenvalue weighted by molar-refractivity contribution is 0.0947. The highest BCUT2D eigenvalue weighted by Crippen LogP contribution is 2.34. The van der Waals surface area contributed by atoms with Gasteiger partial charge in [-0.05, 0) is 31.2 Å². The topological polar surface area (TPSA) is 37.4 Å². The van der Waals surface area contributed by atoms with Crippen molar-refractivity contribution < 1.29 is 4.74 Å². The van der Waals surface area contributed by atoms with Crippen molar-refractivity contribution in [3.05, 3.63) is 46.3 Å². The Balaban J connectivity index is 1.32. The third kappa shape index (κ3) is 3.42. The molecule has 5 heteroatoms. The monoisotopic (exact) mass is 329 g/mol. The minimum absolute atomic E-state index is 0.409. The molecule has 2 aromatic heterocycles. The minimum atomic E-state index is 0.409. The maximum absolute atomic E-state index is 6.05. The second kappa shape index (κ2) is 6.59. The molecule has 0 aromatic carbocycles. The molecule has 122 valence electrons. The number of aromatic nitrogens is 1. The molecule has 2 saturated heterocycles. The number of hydrogen-bond acceptors (Lipinski definition) is 5. The van der Waals surface area contributed by atoms with Crippen molar-refractivity contribution in [2.75, 3.05) is 31.6 Å². The lowest BCUT2D eigenvalue weighted by atomic mass is 9.93. The molecule has 2 aliphatic rings. The first kappa shape index (κ1) is 15.1. The van der Waals surface area contributed by atoms with Gasteiger partial charge in [0.2, 0.25) is 0 Å². The van der Waals surface area contributed by atoms with E-state index in [2.05, 4.69) is 34.3 Å². The Morgan fingerprint density at radius 1 is 1.30 bits per heavy atom. The predicted octanol–water partition coefficient (Wildman–Crippen LogP) is 3.01. The largest absolute Gasteiger partial charge is 0.376 e. The van der Waals surface area contributed by atoms with E-state index in [0.717, 1.165) is 38.6 Å². The number of hydrogen-bond donors (Lipinski definition) is 1. The quantitative estimate of drug-likeness (QED) is 0.915. The van der Waals surface area contributed by atoms with Gasteiger partial charge in [-0.2, -0.15) is 0 Å². The highest BCUT2D eigenvalue weighted by molar-refractivity contribution is 7.11. The van der Waals surface area contributed by atoms with E-state index in [0.29, 0.717) is 17.9 Å². The van der Waals surface area contributed by atoms with Crippen LogP contribution in [0.1, 0.15) is 9.75 Å². The van der Waals surface area contributed by atoms with E-state index in [1.165, 1.54) is 9.75 Å². The molecule has 3 atom stereocenters. The fraction of sp³-hybridized carbons (Fsp3) is 0.500. The average Bonchev–Trinajstić information content (AvgIpc) is 3.23. The van der Waals surface area contributed by atoms with Crippen molar-refractivity contribution in [1.82, 2.24) is 9.88 Å². The van der Waals surface area contributed by atoms with Crippen LogP contribution in [-0.2, 0) is 11.3 Å². The molecule has 0 radical (unpaired) electrons. The first-order valence-electron chi connectivity index (χ1n) is 8.32. The fourth-order valence-electron chi connectivity index (χ4n) is 3.71. The van der Waals surface area contributed by atoms with Crippen LogP contribution in [-0.4, -0.2) is 42.2 Å². The zero-order valence-corrected chi connectivity index (χ0v) is 14.3. The van der Waals surface area contributed by atoms with Crippen LogP contribution in [0.15, 0.2) is 36.5 Å². The van der Waals surface area contributed by atoms with Gasteiger partial charge in [0, 0.05) is 54.0 Å². The van der Waals surface area contributed by atoms with E-state index in [-0.39, 0.29) is 0 Å². The van der Waals surface area contributed by atoms with Gasteiger partial charge >= 0.3 is 0 Å². The molecule has 0 unspecified atom stereocenters. The summed E-state index contributed by atoms with van der Waals surface area (Å²) in [7, 11) is 0. The number of fused-ring (bicyclic) bond motifs is 1. The number of nitrogens with zero attached hydrogens (tertiary/aromatic N) is 2. The van der Waals surface area contributed by atoms with Crippen molar-refractivity contribution in [3.63, 3.8) is 0 Å². The van der Waals surface area contributed by atoms with Crippen LogP contribution < -0.4 is 5.32 Å². The van der Waals surface area contributed by atoms with Gasteiger partial charge in [0.05, 0.1) is 12.7 Å². The zero-order chi connectivity index (χ0) is 15.6. The molecular weight excluding hydrogens is 306 g/mol. The van der Waals surface area contributed by atoms with E-state index in [4.69, 9.17) is 4.74 Å². The SMILES string of the molecule is Cc1ccc(CN2C[C@H]3[C@H](CNc4ccccn4)CO[C@H]3C2)s1. The molecule has 2 aliphatic heterocycles. The van der Waals surface area contributed by atoms with Crippen molar-refractivity contribution in [3.8, 4) is 0 Å². The summed E-state index contributed by atoms with van der Waals surface area (Å²) < 4.78 is 6.05. The normalized spacial score (nSPS) is 27.3. The number of pyridine rings is 1. The first-order chi connectivity index (χ1) is 11.3. The molecule has 4 rings (SSSR count). The van der Waals surface area contributed by atoms with E-state index in [1.807, 2.05) is 35.7 Å². The summed E-state index contributed by atoms with van der Waals surface area (Å²) in [5.41, 5.74) is 0. The molecule has 4 heterocycles. The van der Waals surface area contributed by atoms with Gasteiger partial charge in [-0.3, -0.25) is 4.90 Å². The predicted molar refractivity (Wildman–Crippen MR) is 93.8 cm³/mol. The van der Waals surface area contributed by atoms with Crippen LogP contribution in [0.5, 0.6) is 0 Å². The smallest absolute Gasteiger partial charge is 0.125 e. The van der Waals surface area contributed by atoms with Crippen LogP contribution in [0, 0.1) is 18.8 Å². The summed E-state index contributed by atoms with van der Waals surface area (Å²) >= 11 is 1.91. The van der Waals surface area contributed by atoms with Gasteiger partial charge in [-0.25, -0.2) is 4.98 Å². The van der Waals surface area contributed by atoms with E-state index < -0.39 is 0 Å². The number of thiophene rings is 1. The third-order valence-corrected chi connectivity index (χ3v) is 5.89. The first-order valence-corrected chi connectivity index (χ1v) is 9.14. The fourth-order valence-corrected chi connectivity index (χ4v) is 4.65. The van der Waals surface area contributed by atoms with Crippen molar-refractivity contribution in [1.29, 1.82) is 0 Å². The Kier molecular flexibility index (Phi) is 4.33. The summed E-state index contributed by atoms with van der Waals surface area (Å²) in [6.45, 7) is 7.29. The van der Waals surface area contributed by atoms with Crippen LogP contribution in [0.4, 0.5) is 5.82 Å². The highest BCUT2D eigenvalue weighted by atomic mass is 32.1. The number of likely N-dealkylation sites (tertiary alicyclic amines) is 1. The van der Waals surface area contributed by atoms with Gasteiger partial charge in [0.15, 0.2) is 0 Å². The van der Waals surface area contributed by atoms with Crippen LogP contribution in [0.3, 0.4) is 0 Å². The standard InChI is InChI=1S/C18H23N3OS/c1-13-5-6-15(23-13)9-21-10-16-14(12-22-17(16)11-21)8-20-18-4-2-3-7-19-18/h2-7,14,16-17H,8-12H2,1H3,(H,19,20)/t14-,16+,17+/m1/s1. The Morgan fingerprint density at radius 3 is 3.04 bits per heavy atom. The van der Waals surface area contributed by atoms with E-state index in [9.17, 15) is 0 Å². The van der Waals surface area contributed by atoms with E-state index >= 15 is 0 Å². The van der Waals surface area contributed by atoms with Crippen molar-refractivity contribution >= 4 is 17.2 Å². The Hall–Kier alpha value is -1.43. The Bertz CT molecular complexity index is 645. The van der Waals surface area contributed by atoms with Gasteiger partial charge in [0.1, 0.15) is 5.82 Å². The molecule has 1 N–H and O–H groups in total. The van der Waals surface area contributed by atoms with Gasteiger partial charge in [-0.1, -0.05) is 6.07 Å². The second-order valence-corrected chi connectivity index (χ2v) is 7.97. The summed E-state index contributed by atoms with van der Waals surface area (Å²) in [5.74, 6) is 2.18. The maximum Gasteiger partial charge on any atom is 0.125 e. The maximum atomic E-state index is 6.05. The van der Waals surface area contributed by atoms with E-state index in [1.54, 1.807) is 0 Å². The number of nitrogens with one attached hydrogen (secondary N) is 1. The van der Waals surface area contributed by atoms with Gasteiger partial charge in [0.25, 0.3) is 0 Å². The molecule has 0 saturated carbocycles. The average molecular weight is 329 g/mol. The highest BCUT2D eigenvalue weighted by Gasteiger charge is 2.43. The number of rotatable bonds is 5. The molecule has 2 fully saturated rings.